The van der Waals surface area contributed by atoms with Gasteiger partial charge in [-0.3, -0.25) is 0 Å². The van der Waals surface area contributed by atoms with Crippen molar-refractivity contribution in [2.75, 3.05) is 19.8 Å². The Morgan fingerprint density at radius 3 is 2.75 bits per heavy atom. The van der Waals surface area contributed by atoms with Gasteiger partial charge in [0.25, 0.3) is 5.89 Å². The molecule has 0 amide bonds. The maximum absolute atomic E-state index is 14.0. The maximum atomic E-state index is 14.0. The van der Waals surface area contributed by atoms with Crippen LogP contribution in [-0.2, 0) is 4.74 Å². The highest BCUT2D eigenvalue weighted by Crippen LogP contribution is 2.37. The molecule has 0 saturated carbocycles. The number of halogens is 1. The molecule has 1 aromatic heterocycles. The average Bonchev–Trinajstić information content (AvgIpc) is 3.28. The molecule has 0 bridgehead atoms. The van der Waals surface area contributed by atoms with Crippen molar-refractivity contribution in [3.63, 3.8) is 0 Å². The highest BCUT2D eigenvalue weighted by atomic mass is 32.1. The average molecular weight is 453 g/mol. The highest BCUT2D eigenvalue weighted by Gasteiger charge is 2.34. The molecular formula is C24H25FN4O2S. The van der Waals surface area contributed by atoms with Crippen LogP contribution in [0.5, 0.6) is 0 Å². The molecular weight excluding hydrogens is 427 g/mol. The van der Waals surface area contributed by atoms with Crippen molar-refractivity contribution >= 4 is 22.9 Å². The van der Waals surface area contributed by atoms with Crippen LogP contribution in [0, 0.1) is 5.82 Å². The van der Waals surface area contributed by atoms with E-state index in [4.69, 9.17) is 21.5 Å². The van der Waals surface area contributed by atoms with Crippen molar-refractivity contribution in [3.8, 4) is 11.4 Å². The molecule has 6 nitrogen and oxygen atoms in total. The number of hydrogen-bond acceptors (Lipinski definition) is 5. The molecule has 1 aliphatic heterocycles. The van der Waals surface area contributed by atoms with Gasteiger partial charge in [-0.1, -0.05) is 47.6 Å². The molecule has 166 valence electrons. The second kappa shape index (κ2) is 10.0. The Balaban J connectivity index is 1.74. The van der Waals surface area contributed by atoms with E-state index in [1.807, 2.05) is 55.1 Å². The summed E-state index contributed by atoms with van der Waals surface area (Å²) < 4.78 is 25.2. The van der Waals surface area contributed by atoms with Gasteiger partial charge in [0.1, 0.15) is 5.82 Å². The van der Waals surface area contributed by atoms with Crippen molar-refractivity contribution < 1.29 is 13.7 Å². The minimum absolute atomic E-state index is 0.318. The van der Waals surface area contributed by atoms with Crippen LogP contribution in [0.4, 0.5) is 4.39 Å². The smallest absolute Gasteiger partial charge is 0.258 e. The van der Waals surface area contributed by atoms with Crippen LogP contribution in [0.1, 0.15) is 37.8 Å². The van der Waals surface area contributed by atoms with Gasteiger partial charge in [-0.15, -0.1) is 0 Å². The van der Waals surface area contributed by atoms with Gasteiger partial charge in [0.05, 0.1) is 11.6 Å². The summed E-state index contributed by atoms with van der Waals surface area (Å²) in [6.07, 6.45) is 0.810. The van der Waals surface area contributed by atoms with Crippen molar-refractivity contribution in [1.29, 1.82) is 0 Å². The van der Waals surface area contributed by atoms with Gasteiger partial charge in [-0.25, -0.2) is 4.39 Å². The third kappa shape index (κ3) is 4.71. The second-order valence-corrected chi connectivity index (χ2v) is 7.81. The van der Waals surface area contributed by atoms with Gasteiger partial charge in [0.2, 0.25) is 5.82 Å². The van der Waals surface area contributed by atoms with Gasteiger partial charge in [0, 0.05) is 31.0 Å². The molecule has 0 radical (unpaired) electrons. The number of nitrogens with zero attached hydrogens (tertiary/aromatic N) is 3. The van der Waals surface area contributed by atoms with Crippen LogP contribution >= 0.6 is 12.2 Å². The van der Waals surface area contributed by atoms with Crippen LogP contribution in [0.2, 0.25) is 0 Å². The van der Waals surface area contributed by atoms with E-state index in [2.05, 4.69) is 15.5 Å². The zero-order chi connectivity index (χ0) is 22.5. The van der Waals surface area contributed by atoms with Gasteiger partial charge in [-0.05, 0) is 50.2 Å². The van der Waals surface area contributed by atoms with E-state index >= 15 is 0 Å². The molecule has 1 atom stereocenters. The molecule has 0 aliphatic carbocycles. The third-order valence-corrected chi connectivity index (χ3v) is 5.68. The molecule has 1 unspecified atom stereocenters. The SMILES string of the molecule is CCOCCCN1C(=S)NC(c2cccc(F)c2)C(c2nc(-c3ccccc3)no2)=C1C. The summed E-state index contributed by atoms with van der Waals surface area (Å²) in [5, 5.41) is 8.09. The number of aromatic nitrogens is 2. The summed E-state index contributed by atoms with van der Waals surface area (Å²) in [6.45, 7) is 5.94. The molecule has 32 heavy (non-hydrogen) atoms. The first kappa shape index (κ1) is 22.1. The fourth-order valence-electron chi connectivity index (χ4n) is 3.77. The summed E-state index contributed by atoms with van der Waals surface area (Å²) in [4.78, 5) is 6.66. The minimum atomic E-state index is -0.412. The second-order valence-electron chi connectivity index (χ2n) is 7.43. The largest absolute Gasteiger partial charge is 0.382 e. The lowest BCUT2D eigenvalue weighted by Crippen LogP contribution is -2.46. The lowest BCUT2D eigenvalue weighted by Gasteiger charge is -2.37. The minimum Gasteiger partial charge on any atom is -0.382 e. The van der Waals surface area contributed by atoms with E-state index in [0.717, 1.165) is 28.8 Å². The number of ether oxygens (including phenoxy) is 1. The molecule has 4 rings (SSSR count). The Morgan fingerprint density at radius 1 is 1.19 bits per heavy atom. The highest BCUT2D eigenvalue weighted by molar-refractivity contribution is 7.80. The van der Waals surface area contributed by atoms with Crippen molar-refractivity contribution in [2.24, 2.45) is 0 Å². The fourth-order valence-corrected chi connectivity index (χ4v) is 4.12. The summed E-state index contributed by atoms with van der Waals surface area (Å²) in [5.41, 5.74) is 3.25. The van der Waals surface area contributed by atoms with E-state index < -0.39 is 6.04 Å². The Labute approximate surface area is 192 Å². The van der Waals surface area contributed by atoms with Crippen molar-refractivity contribution in [2.45, 2.75) is 26.3 Å². The first-order valence-corrected chi connectivity index (χ1v) is 11.0. The zero-order valence-electron chi connectivity index (χ0n) is 18.0. The summed E-state index contributed by atoms with van der Waals surface area (Å²) in [5.74, 6) is 0.553. The fraction of sp³-hybridized carbons (Fsp3) is 0.292. The Bertz CT molecular complexity index is 1120. The summed E-state index contributed by atoms with van der Waals surface area (Å²) in [7, 11) is 0. The first-order valence-electron chi connectivity index (χ1n) is 10.6. The summed E-state index contributed by atoms with van der Waals surface area (Å²) in [6, 6.07) is 15.7. The van der Waals surface area contributed by atoms with E-state index in [1.165, 1.54) is 12.1 Å². The number of rotatable bonds is 8. The van der Waals surface area contributed by atoms with E-state index in [-0.39, 0.29) is 5.82 Å². The normalized spacial score (nSPS) is 16.4. The maximum Gasteiger partial charge on any atom is 0.258 e. The van der Waals surface area contributed by atoms with Gasteiger partial charge in [-0.2, -0.15) is 4.98 Å². The molecule has 2 heterocycles. The third-order valence-electron chi connectivity index (χ3n) is 5.34. The van der Waals surface area contributed by atoms with Gasteiger partial charge >= 0.3 is 0 Å². The standard InChI is InChI=1S/C24H25FN4O2S/c1-3-30-14-8-13-29-16(2)20(21(26-24(29)32)18-11-7-12-19(25)15-18)23-27-22(28-31-23)17-9-5-4-6-10-17/h4-7,9-12,15,21H,3,8,13-14H2,1-2H3,(H,26,32). The molecule has 0 saturated heterocycles. The Hall–Kier alpha value is -3.10. The van der Waals surface area contributed by atoms with Crippen LogP contribution in [0.25, 0.3) is 17.0 Å². The Kier molecular flexibility index (Phi) is 6.92. The van der Waals surface area contributed by atoms with Crippen molar-refractivity contribution in [3.05, 3.63) is 77.6 Å². The molecule has 3 aromatic rings. The molecule has 1 aliphatic rings. The molecule has 1 N–H and O–H groups in total. The van der Waals surface area contributed by atoms with Crippen LogP contribution in [0.15, 0.2) is 64.8 Å². The predicted octanol–water partition coefficient (Wildman–Crippen LogP) is 4.96. The number of benzene rings is 2. The van der Waals surface area contributed by atoms with Crippen LogP contribution in [0.3, 0.4) is 0 Å². The number of hydrogen-bond donors (Lipinski definition) is 1. The van der Waals surface area contributed by atoms with Gasteiger partial charge in [0.15, 0.2) is 5.11 Å². The topological polar surface area (TPSA) is 63.4 Å². The molecule has 2 aromatic carbocycles. The quantitative estimate of drug-likeness (QED) is 0.383. The molecule has 8 heteroatoms. The van der Waals surface area contributed by atoms with Crippen LogP contribution in [-0.4, -0.2) is 39.9 Å². The number of thiocarbonyl (C=S) groups is 1. The predicted molar refractivity (Wildman–Crippen MR) is 125 cm³/mol. The van der Waals surface area contributed by atoms with Gasteiger partial charge < -0.3 is 19.5 Å². The van der Waals surface area contributed by atoms with E-state index in [1.54, 1.807) is 6.07 Å². The lowest BCUT2D eigenvalue weighted by atomic mass is 9.94. The molecule has 0 spiro atoms. The number of allylic oxidation sites excluding steroid dienone is 1. The molecule has 0 fully saturated rings. The van der Waals surface area contributed by atoms with Crippen molar-refractivity contribution in [1.82, 2.24) is 20.4 Å². The first-order chi connectivity index (χ1) is 15.6. The summed E-state index contributed by atoms with van der Waals surface area (Å²) >= 11 is 5.66. The van der Waals surface area contributed by atoms with E-state index in [0.29, 0.717) is 36.6 Å². The number of nitrogens with one attached hydrogen (secondary N) is 1. The van der Waals surface area contributed by atoms with Crippen LogP contribution < -0.4 is 5.32 Å². The monoisotopic (exact) mass is 452 g/mol. The zero-order valence-corrected chi connectivity index (χ0v) is 18.9. The Morgan fingerprint density at radius 2 is 2.00 bits per heavy atom. The lowest BCUT2D eigenvalue weighted by molar-refractivity contribution is 0.141. The van der Waals surface area contributed by atoms with E-state index in [9.17, 15) is 4.39 Å².